The van der Waals surface area contributed by atoms with Crippen LogP contribution in [0.15, 0.2) is 54.6 Å². The second-order valence-electron chi connectivity index (χ2n) is 6.27. The van der Waals surface area contributed by atoms with Crippen molar-refractivity contribution in [3.63, 3.8) is 0 Å². The zero-order valence-corrected chi connectivity index (χ0v) is 16.0. The van der Waals surface area contributed by atoms with Crippen molar-refractivity contribution in [2.45, 2.75) is 26.9 Å². The average molecular weight is 381 g/mol. The molecular formula is C21H21ClN4O. The molecule has 2 N–H and O–H groups in total. The van der Waals surface area contributed by atoms with Gasteiger partial charge in [0.1, 0.15) is 5.69 Å². The van der Waals surface area contributed by atoms with Gasteiger partial charge in [-0.3, -0.25) is 4.79 Å². The summed E-state index contributed by atoms with van der Waals surface area (Å²) in [6.45, 7) is 4.79. The highest BCUT2D eigenvalue weighted by atomic mass is 35.5. The molecule has 6 heteroatoms. The maximum Gasteiger partial charge on any atom is 0.270 e. The van der Waals surface area contributed by atoms with Gasteiger partial charge in [0.2, 0.25) is 5.95 Å². The minimum atomic E-state index is -0.232. The number of carbonyl (C=O) groups is 1. The Hall–Kier alpha value is -2.92. The number of aryl methyl sites for hydroxylation is 2. The van der Waals surface area contributed by atoms with Gasteiger partial charge in [-0.2, -0.15) is 0 Å². The van der Waals surface area contributed by atoms with Crippen LogP contribution in [0.4, 0.5) is 5.95 Å². The van der Waals surface area contributed by atoms with Crippen LogP contribution in [0.25, 0.3) is 0 Å². The summed E-state index contributed by atoms with van der Waals surface area (Å²) in [5, 5.41) is 6.72. The Morgan fingerprint density at radius 1 is 0.963 bits per heavy atom. The summed E-state index contributed by atoms with van der Waals surface area (Å²) in [4.78, 5) is 21.2. The summed E-state index contributed by atoms with van der Waals surface area (Å²) in [7, 11) is 0. The Kier molecular flexibility index (Phi) is 6.04. The molecule has 0 spiro atoms. The number of amides is 1. The van der Waals surface area contributed by atoms with E-state index in [1.165, 1.54) is 0 Å². The van der Waals surface area contributed by atoms with E-state index >= 15 is 0 Å². The van der Waals surface area contributed by atoms with Gasteiger partial charge in [0, 0.05) is 23.8 Å². The van der Waals surface area contributed by atoms with Crippen LogP contribution in [0.1, 0.15) is 32.9 Å². The molecule has 1 aromatic heterocycles. The fraction of sp³-hybridized carbons (Fsp3) is 0.190. The lowest BCUT2D eigenvalue weighted by Crippen LogP contribution is -2.25. The lowest BCUT2D eigenvalue weighted by Gasteiger charge is -2.10. The lowest BCUT2D eigenvalue weighted by molar-refractivity contribution is 0.0945. The number of halogens is 1. The smallest absolute Gasteiger partial charge is 0.270 e. The Balaban J connectivity index is 1.68. The summed E-state index contributed by atoms with van der Waals surface area (Å²) in [5.41, 5.74) is 4.20. The van der Waals surface area contributed by atoms with Crippen LogP contribution in [0.3, 0.4) is 0 Å². The van der Waals surface area contributed by atoms with Crippen LogP contribution in [0.5, 0.6) is 0 Å². The van der Waals surface area contributed by atoms with E-state index in [-0.39, 0.29) is 5.91 Å². The molecule has 1 amide bonds. The van der Waals surface area contributed by atoms with Crippen LogP contribution in [0, 0.1) is 13.8 Å². The first-order valence-electron chi connectivity index (χ1n) is 8.68. The third kappa shape index (κ3) is 5.05. The average Bonchev–Trinajstić information content (AvgIpc) is 2.66. The van der Waals surface area contributed by atoms with Crippen molar-refractivity contribution in [2.75, 3.05) is 5.32 Å². The van der Waals surface area contributed by atoms with Crippen molar-refractivity contribution < 1.29 is 4.79 Å². The molecule has 0 atom stereocenters. The van der Waals surface area contributed by atoms with Gasteiger partial charge in [-0.1, -0.05) is 54.1 Å². The topological polar surface area (TPSA) is 66.9 Å². The molecule has 3 aromatic rings. The van der Waals surface area contributed by atoms with Crippen molar-refractivity contribution in [3.8, 4) is 0 Å². The number of rotatable bonds is 6. The van der Waals surface area contributed by atoms with E-state index in [2.05, 4.69) is 20.6 Å². The Morgan fingerprint density at radius 3 is 2.41 bits per heavy atom. The number of hydrogen-bond donors (Lipinski definition) is 2. The molecular weight excluding hydrogens is 360 g/mol. The van der Waals surface area contributed by atoms with Crippen molar-refractivity contribution in [1.29, 1.82) is 0 Å². The Bertz CT molecular complexity index is 958. The molecule has 27 heavy (non-hydrogen) atoms. The van der Waals surface area contributed by atoms with Gasteiger partial charge in [0.15, 0.2) is 0 Å². The maximum absolute atomic E-state index is 12.5. The summed E-state index contributed by atoms with van der Waals surface area (Å²) in [6, 6.07) is 17.2. The van der Waals surface area contributed by atoms with E-state index < -0.39 is 0 Å². The van der Waals surface area contributed by atoms with Crippen LogP contribution in [-0.2, 0) is 13.1 Å². The van der Waals surface area contributed by atoms with Crippen LogP contribution in [0.2, 0.25) is 5.02 Å². The summed E-state index contributed by atoms with van der Waals surface area (Å²) in [5.74, 6) is 0.167. The molecule has 0 bridgehead atoms. The van der Waals surface area contributed by atoms with Gasteiger partial charge in [-0.15, -0.1) is 0 Å². The third-order valence-electron chi connectivity index (χ3n) is 4.18. The second-order valence-corrected chi connectivity index (χ2v) is 6.68. The molecule has 0 unspecified atom stereocenters. The van der Waals surface area contributed by atoms with Gasteiger partial charge in [-0.05, 0) is 42.7 Å². The Labute approximate surface area is 163 Å². The first-order valence-corrected chi connectivity index (χ1v) is 9.06. The fourth-order valence-electron chi connectivity index (χ4n) is 2.65. The molecule has 0 radical (unpaired) electrons. The molecule has 138 valence electrons. The standard InChI is InChI=1S/C21H21ClN4O/c1-14-7-3-4-8-16(14)12-23-20(27)19-11-15(2)25-21(26-19)24-13-17-9-5-6-10-18(17)22/h3-11H,12-13H2,1-2H3,(H,23,27)(H,24,25,26). The number of anilines is 1. The van der Waals surface area contributed by atoms with Gasteiger partial charge in [0.05, 0.1) is 0 Å². The van der Waals surface area contributed by atoms with Gasteiger partial charge in [-0.25, -0.2) is 9.97 Å². The number of nitrogens with one attached hydrogen (secondary N) is 2. The molecule has 0 saturated heterocycles. The van der Waals surface area contributed by atoms with Gasteiger partial charge >= 0.3 is 0 Å². The molecule has 0 aliphatic carbocycles. The second kappa shape index (κ2) is 8.64. The molecule has 3 rings (SSSR count). The third-order valence-corrected chi connectivity index (χ3v) is 4.55. The van der Waals surface area contributed by atoms with Gasteiger partial charge < -0.3 is 10.6 Å². The van der Waals surface area contributed by atoms with Gasteiger partial charge in [0.25, 0.3) is 5.91 Å². The largest absolute Gasteiger partial charge is 0.350 e. The maximum atomic E-state index is 12.5. The SMILES string of the molecule is Cc1cc(C(=O)NCc2ccccc2C)nc(NCc2ccccc2Cl)n1. The number of hydrogen-bond acceptors (Lipinski definition) is 4. The Morgan fingerprint density at radius 2 is 1.67 bits per heavy atom. The van der Waals surface area contributed by atoms with E-state index in [1.54, 1.807) is 6.07 Å². The lowest BCUT2D eigenvalue weighted by atomic mass is 10.1. The summed E-state index contributed by atoms with van der Waals surface area (Å²) in [6.07, 6.45) is 0. The molecule has 0 saturated carbocycles. The quantitative estimate of drug-likeness (QED) is 0.669. The molecule has 5 nitrogen and oxygen atoms in total. The molecule has 0 aliphatic rings. The van der Waals surface area contributed by atoms with E-state index in [4.69, 9.17) is 11.6 Å². The zero-order chi connectivity index (χ0) is 19.2. The van der Waals surface area contributed by atoms with Crippen molar-refractivity contribution in [2.24, 2.45) is 0 Å². The minimum Gasteiger partial charge on any atom is -0.350 e. The monoisotopic (exact) mass is 380 g/mol. The molecule has 0 fully saturated rings. The van der Waals surface area contributed by atoms with E-state index in [0.29, 0.717) is 35.4 Å². The van der Waals surface area contributed by atoms with E-state index in [0.717, 1.165) is 16.7 Å². The predicted molar refractivity (Wildman–Crippen MR) is 108 cm³/mol. The summed E-state index contributed by atoms with van der Waals surface area (Å²) < 4.78 is 0. The number of aromatic nitrogens is 2. The van der Waals surface area contributed by atoms with Crippen LogP contribution >= 0.6 is 11.6 Å². The van der Waals surface area contributed by atoms with E-state index in [9.17, 15) is 4.79 Å². The van der Waals surface area contributed by atoms with Crippen molar-refractivity contribution in [1.82, 2.24) is 15.3 Å². The van der Waals surface area contributed by atoms with Crippen molar-refractivity contribution >= 4 is 23.5 Å². The van der Waals surface area contributed by atoms with Crippen molar-refractivity contribution in [3.05, 3.63) is 87.7 Å². The highest BCUT2D eigenvalue weighted by molar-refractivity contribution is 6.31. The normalized spacial score (nSPS) is 10.5. The first kappa shape index (κ1) is 18.9. The molecule has 0 aliphatic heterocycles. The van der Waals surface area contributed by atoms with Crippen LogP contribution in [-0.4, -0.2) is 15.9 Å². The van der Waals surface area contributed by atoms with E-state index in [1.807, 2.05) is 62.4 Å². The first-order chi connectivity index (χ1) is 13.0. The molecule has 1 heterocycles. The number of nitrogens with zero attached hydrogens (tertiary/aromatic N) is 2. The highest BCUT2D eigenvalue weighted by Gasteiger charge is 2.11. The fourth-order valence-corrected chi connectivity index (χ4v) is 2.86. The highest BCUT2D eigenvalue weighted by Crippen LogP contribution is 2.16. The molecule has 2 aromatic carbocycles. The zero-order valence-electron chi connectivity index (χ0n) is 15.3. The van der Waals surface area contributed by atoms with Crippen LogP contribution < -0.4 is 10.6 Å². The predicted octanol–water partition coefficient (Wildman–Crippen LogP) is 4.29. The number of benzene rings is 2. The number of carbonyl (C=O) groups excluding carboxylic acids is 1. The minimum absolute atomic E-state index is 0.232. The summed E-state index contributed by atoms with van der Waals surface area (Å²) >= 11 is 6.17.